The van der Waals surface area contributed by atoms with Gasteiger partial charge in [-0.2, -0.15) is 0 Å². The first-order valence-electron chi connectivity index (χ1n) is 9.10. The summed E-state index contributed by atoms with van der Waals surface area (Å²) < 4.78 is 5.39. The Morgan fingerprint density at radius 3 is 2.57 bits per heavy atom. The first kappa shape index (κ1) is 17.9. The zero-order valence-electron chi connectivity index (χ0n) is 15.5. The number of hydrogen-bond acceptors (Lipinski definition) is 5. The molecule has 28 heavy (non-hydrogen) atoms. The van der Waals surface area contributed by atoms with E-state index in [9.17, 15) is 9.59 Å². The van der Waals surface area contributed by atoms with Crippen molar-refractivity contribution in [1.29, 1.82) is 0 Å². The number of hydrogen-bond donors (Lipinski definition) is 0. The van der Waals surface area contributed by atoms with E-state index >= 15 is 0 Å². The van der Waals surface area contributed by atoms with E-state index in [-0.39, 0.29) is 24.9 Å². The Morgan fingerprint density at radius 2 is 1.82 bits per heavy atom. The van der Waals surface area contributed by atoms with Crippen LogP contribution in [0.4, 0.5) is 0 Å². The van der Waals surface area contributed by atoms with Gasteiger partial charge in [0.25, 0.3) is 0 Å². The molecule has 0 radical (unpaired) electrons. The molecular formula is C21H20N4O3. The second kappa shape index (κ2) is 7.64. The van der Waals surface area contributed by atoms with Gasteiger partial charge >= 0.3 is 0 Å². The maximum absolute atomic E-state index is 12.8. The topological polar surface area (TPSA) is 79.5 Å². The van der Waals surface area contributed by atoms with E-state index < -0.39 is 6.04 Å². The molecule has 0 saturated carbocycles. The maximum Gasteiger partial charge on any atom is 0.245 e. The monoisotopic (exact) mass is 376 g/mol. The highest BCUT2D eigenvalue weighted by atomic mass is 16.5. The van der Waals surface area contributed by atoms with Gasteiger partial charge in [-0.1, -0.05) is 35.5 Å². The average Bonchev–Trinajstić information content (AvgIpc) is 3.19. The van der Waals surface area contributed by atoms with Crippen LogP contribution in [0.3, 0.4) is 0 Å². The summed E-state index contributed by atoms with van der Waals surface area (Å²) in [5.74, 6) is 0.360. The van der Waals surface area contributed by atoms with Gasteiger partial charge in [-0.15, -0.1) is 0 Å². The Hall–Kier alpha value is -3.48. The number of pyridine rings is 1. The minimum absolute atomic E-state index is 0.0589. The molecule has 2 aromatic heterocycles. The second-order valence-corrected chi connectivity index (χ2v) is 6.79. The van der Waals surface area contributed by atoms with Crippen LogP contribution in [-0.2, 0) is 22.7 Å². The molecule has 0 spiro atoms. The molecule has 1 atom stereocenters. The highest BCUT2D eigenvalue weighted by molar-refractivity contribution is 5.94. The fraction of sp³-hybridized carbons (Fsp3) is 0.238. The van der Waals surface area contributed by atoms with E-state index in [1.807, 2.05) is 42.5 Å². The molecular weight excluding hydrogens is 356 g/mol. The Balaban J connectivity index is 1.46. The lowest BCUT2D eigenvalue weighted by Crippen LogP contribution is -2.57. The normalized spacial score (nSPS) is 17.2. The van der Waals surface area contributed by atoms with Crippen molar-refractivity contribution >= 4 is 11.8 Å². The number of aromatic nitrogens is 2. The molecule has 1 saturated heterocycles. The van der Waals surface area contributed by atoms with Crippen LogP contribution in [0.2, 0.25) is 0 Å². The van der Waals surface area contributed by atoms with E-state index in [4.69, 9.17) is 4.52 Å². The van der Waals surface area contributed by atoms with Crippen LogP contribution >= 0.6 is 0 Å². The van der Waals surface area contributed by atoms with Crippen LogP contribution in [0.25, 0.3) is 11.3 Å². The van der Waals surface area contributed by atoms with Gasteiger partial charge in [0.1, 0.15) is 18.3 Å². The molecule has 0 bridgehead atoms. The molecule has 1 aromatic carbocycles. The quantitative estimate of drug-likeness (QED) is 0.684. The number of benzene rings is 1. The molecule has 0 unspecified atom stereocenters. The fourth-order valence-electron chi connectivity index (χ4n) is 3.32. The van der Waals surface area contributed by atoms with E-state index in [2.05, 4.69) is 10.1 Å². The third-order valence-electron chi connectivity index (χ3n) is 4.86. The number of carbonyl (C=O) groups excluding carboxylic acids is 2. The summed E-state index contributed by atoms with van der Waals surface area (Å²) in [4.78, 5) is 32.6. The molecule has 7 nitrogen and oxygen atoms in total. The molecule has 3 aromatic rings. The number of piperazine rings is 1. The van der Waals surface area contributed by atoms with E-state index in [1.54, 1.807) is 35.2 Å². The van der Waals surface area contributed by atoms with Crippen molar-refractivity contribution in [3.8, 4) is 11.3 Å². The van der Waals surface area contributed by atoms with Crippen molar-refractivity contribution in [3.63, 3.8) is 0 Å². The van der Waals surface area contributed by atoms with Crippen LogP contribution in [0.15, 0.2) is 65.4 Å². The van der Waals surface area contributed by atoms with E-state index in [0.29, 0.717) is 18.0 Å². The van der Waals surface area contributed by atoms with E-state index in [0.717, 1.165) is 11.1 Å². The predicted octanol–water partition coefficient (Wildman–Crippen LogP) is 2.50. The Morgan fingerprint density at radius 1 is 1.07 bits per heavy atom. The second-order valence-electron chi connectivity index (χ2n) is 6.79. The minimum Gasteiger partial charge on any atom is -0.359 e. The lowest BCUT2D eigenvalue weighted by molar-refractivity contribution is -0.156. The first-order valence-corrected chi connectivity index (χ1v) is 9.10. The Kier molecular flexibility index (Phi) is 4.89. The van der Waals surface area contributed by atoms with Gasteiger partial charge in [0, 0.05) is 30.6 Å². The highest BCUT2D eigenvalue weighted by Gasteiger charge is 2.37. The smallest absolute Gasteiger partial charge is 0.245 e. The van der Waals surface area contributed by atoms with Crippen molar-refractivity contribution in [3.05, 3.63) is 72.2 Å². The molecule has 1 aliphatic heterocycles. The molecule has 142 valence electrons. The molecule has 1 fully saturated rings. The first-order chi connectivity index (χ1) is 13.6. The van der Waals surface area contributed by atoms with Gasteiger partial charge < -0.3 is 14.3 Å². The SMILES string of the molecule is C[C@@H]1C(=O)N(Cc2ccccc2)CC(=O)N1Cc1cc(-c2ccncc2)no1. The predicted molar refractivity (Wildman–Crippen MR) is 102 cm³/mol. The van der Waals surface area contributed by atoms with Crippen molar-refractivity contribution < 1.29 is 14.1 Å². The Bertz CT molecular complexity index is 972. The molecule has 2 amide bonds. The van der Waals surface area contributed by atoms with Crippen molar-refractivity contribution in [2.45, 2.75) is 26.1 Å². The van der Waals surface area contributed by atoms with Gasteiger partial charge in [-0.25, -0.2) is 0 Å². The molecule has 3 heterocycles. The third kappa shape index (κ3) is 3.64. The third-order valence-corrected chi connectivity index (χ3v) is 4.86. The molecule has 7 heteroatoms. The standard InChI is InChI=1S/C21H20N4O3/c1-15-21(27)24(12-16-5-3-2-4-6-16)14-20(26)25(15)13-18-11-19(23-28-18)17-7-9-22-10-8-17/h2-11,15H,12-14H2,1H3/t15-/m1/s1. The molecule has 0 aliphatic carbocycles. The largest absolute Gasteiger partial charge is 0.359 e. The highest BCUT2D eigenvalue weighted by Crippen LogP contribution is 2.22. The average molecular weight is 376 g/mol. The summed E-state index contributed by atoms with van der Waals surface area (Å²) in [5, 5.41) is 4.06. The van der Waals surface area contributed by atoms with Gasteiger partial charge in [0.15, 0.2) is 5.76 Å². The van der Waals surface area contributed by atoms with Gasteiger partial charge in [0.2, 0.25) is 11.8 Å². The summed E-state index contributed by atoms with van der Waals surface area (Å²) in [6.45, 7) is 2.45. The maximum atomic E-state index is 12.8. The van der Waals surface area contributed by atoms with Crippen LogP contribution in [0, 0.1) is 0 Å². The lowest BCUT2D eigenvalue weighted by atomic mass is 10.1. The number of amides is 2. The summed E-state index contributed by atoms with van der Waals surface area (Å²) in [6.07, 6.45) is 3.36. The number of nitrogens with zero attached hydrogens (tertiary/aromatic N) is 4. The molecule has 4 rings (SSSR count). The Labute approximate surface area is 162 Å². The van der Waals surface area contributed by atoms with Crippen molar-refractivity contribution in [1.82, 2.24) is 19.9 Å². The number of rotatable bonds is 5. The molecule has 1 aliphatic rings. The van der Waals surface area contributed by atoms with Crippen LogP contribution in [-0.4, -0.2) is 44.3 Å². The molecule has 0 N–H and O–H groups in total. The summed E-state index contributed by atoms with van der Waals surface area (Å²) in [7, 11) is 0. The van der Waals surface area contributed by atoms with Crippen LogP contribution in [0.1, 0.15) is 18.2 Å². The zero-order chi connectivity index (χ0) is 19.5. The zero-order valence-corrected chi connectivity index (χ0v) is 15.5. The fourth-order valence-corrected chi connectivity index (χ4v) is 3.32. The van der Waals surface area contributed by atoms with Crippen molar-refractivity contribution in [2.24, 2.45) is 0 Å². The minimum atomic E-state index is -0.556. The van der Waals surface area contributed by atoms with E-state index in [1.165, 1.54) is 0 Å². The lowest BCUT2D eigenvalue weighted by Gasteiger charge is -2.38. The summed E-state index contributed by atoms with van der Waals surface area (Å²) in [5.41, 5.74) is 2.56. The van der Waals surface area contributed by atoms with Gasteiger partial charge in [-0.3, -0.25) is 14.6 Å². The number of carbonyl (C=O) groups is 2. The van der Waals surface area contributed by atoms with Gasteiger partial charge in [0.05, 0.1) is 6.54 Å². The summed E-state index contributed by atoms with van der Waals surface area (Å²) in [6, 6.07) is 14.6. The summed E-state index contributed by atoms with van der Waals surface area (Å²) >= 11 is 0. The van der Waals surface area contributed by atoms with Gasteiger partial charge in [-0.05, 0) is 24.6 Å². The van der Waals surface area contributed by atoms with Crippen molar-refractivity contribution in [2.75, 3.05) is 6.54 Å². The van der Waals surface area contributed by atoms with Crippen LogP contribution < -0.4 is 0 Å². The van der Waals surface area contributed by atoms with Crippen LogP contribution in [0.5, 0.6) is 0 Å².